The molecule has 0 saturated carbocycles. The van der Waals surface area contributed by atoms with Gasteiger partial charge in [0.05, 0.1) is 11.8 Å². The number of halogens is 3. The Labute approximate surface area is 108 Å². The van der Waals surface area contributed by atoms with Crippen LogP contribution in [0.25, 0.3) is 0 Å². The number of thiocarbonyl (C=S) groups is 1. The highest BCUT2D eigenvalue weighted by Crippen LogP contribution is 2.24. The van der Waals surface area contributed by atoms with Crippen LogP contribution in [0.4, 0.5) is 19.0 Å². The van der Waals surface area contributed by atoms with Gasteiger partial charge in [-0.15, -0.1) is 5.10 Å². The number of aromatic nitrogens is 2. The molecule has 0 aromatic carbocycles. The van der Waals surface area contributed by atoms with E-state index in [1.807, 2.05) is 0 Å². The van der Waals surface area contributed by atoms with Crippen LogP contribution in [-0.4, -0.2) is 33.9 Å². The van der Waals surface area contributed by atoms with Crippen LogP contribution in [0.15, 0.2) is 12.3 Å². The summed E-state index contributed by atoms with van der Waals surface area (Å²) >= 11 is 4.80. The summed E-state index contributed by atoms with van der Waals surface area (Å²) in [4.78, 5) is 1.06. The molecule has 1 aromatic rings. The molecule has 0 radical (unpaired) electrons. The third kappa shape index (κ3) is 3.80. The number of rotatable bonds is 4. The third-order valence-corrected chi connectivity index (χ3v) is 2.43. The Kier molecular flexibility index (Phi) is 4.44. The van der Waals surface area contributed by atoms with E-state index >= 15 is 0 Å². The second kappa shape index (κ2) is 5.47. The maximum absolute atomic E-state index is 12.5. The number of hydrogen-bond acceptors (Lipinski definition) is 4. The van der Waals surface area contributed by atoms with Gasteiger partial charge in [-0.3, -0.25) is 0 Å². The predicted octanol–water partition coefficient (Wildman–Crippen LogP) is 1.89. The number of nitrogens with two attached hydrogens (primary N) is 1. The molecule has 4 nitrogen and oxygen atoms in total. The zero-order chi connectivity index (χ0) is 13.9. The van der Waals surface area contributed by atoms with Crippen LogP contribution < -0.4 is 10.6 Å². The lowest BCUT2D eigenvalue weighted by Gasteiger charge is -2.29. The molecule has 0 spiro atoms. The standard InChI is InChI=1S/C10H13F3N4S/c1-6(2)17(5-10(11,12)13)9-7(8(14)18)3-4-15-16-9/h3-4,6H,5H2,1-2H3,(H2,14,18). The van der Waals surface area contributed by atoms with Gasteiger partial charge < -0.3 is 10.6 Å². The Morgan fingerprint density at radius 3 is 2.56 bits per heavy atom. The molecule has 100 valence electrons. The van der Waals surface area contributed by atoms with Crippen molar-refractivity contribution in [1.82, 2.24) is 10.2 Å². The lowest BCUT2D eigenvalue weighted by molar-refractivity contribution is -0.120. The van der Waals surface area contributed by atoms with E-state index in [4.69, 9.17) is 18.0 Å². The number of nitrogens with zero attached hydrogens (tertiary/aromatic N) is 3. The molecule has 0 fully saturated rings. The zero-order valence-corrected chi connectivity index (χ0v) is 10.7. The van der Waals surface area contributed by atoms with Gasteiger partial charge in [0.1, 0.15) is 11.5 Å². The molecule has 18 heavy (non-hydrogen) atoms. The first-order valence-corrected chi connectivity index (χ1v) is 5.58. The van der Waals surface area contributed by atoms with E-state index in [0.717, 1.165) is 4.90 Å². The molecule has 1 heterocycles. The van der Waals surface area contributed by atoms with Crippen molar-refractivity contribution in [1.29, 1.82) is 0 Å². The summed E-state index contributed by atoms with van der Waals surface area (Å²) in [7, 11) is 0. The van der Waals surface area contributed by atoms with Crippen LogP contribution in [-0.2, 0) is 0 Å². The quantitative estimate of drug-likeness (QED) is 0.852. The molecule has 2 N–H and O–H groups in total. The molecular formula is C10H13F3N4S. The molecule has 0 atom stereocenters. The Balaban J connectivity index is 3.18. The van der Waals surface area contributed by atoms with E-state index in [2.05, 4.69) is 10.2 Å². The average molecular weight is 278 g/mol. The fraction of sp³-hybridized carbons (Fsp3) is 0.500. The molecule has 0 saturated heterocycles. The highest BCUT2D eigenvalue weighted by atomic mass is 32.1. The van der Waals surface area contributed by atoms with Crippen molar-refractivity contribution in [3.8, 4) is 0 Å². The fourth-order valence-corrected chi connectivity index (χ4v) is 1.58. The van der Waals surface area contributed by atoms with Crippen LogP contribution in [0, 0.1) is 0 Å². The molecule has 0 aliphatic carbocycles. The second-order valence-electron chi connectivity index (χ2n) is 3.97. The van der Waals surface area contributed by atoms with Crippen molar-refractivity contribution in [2.75, 3.05) is 11.4 Å². The lowest BCUT2D eigenvalue weighted by Crippen LogP contribution is -2.41. The molecule has 0 unspecified atom stereocenters. The maximum atomic E-state index is 12.5. The molecule has 8 heteroatoms. The van der Waals surface area contributed by atoms with Gasteiger partial charge >= 0.3 is 6.18 Å². The Morgan fingerprint density at radius 2 is 2.11 bits per heavy atom. The molecule has 1 rings (SSSR count). The molecule has 0 amide bonds. The van der Waals surface area contributed by atoms with Crippen molar-refractivity contribution in [3.05, 3.63) is 17.8 Å². The summed E-state index contributed by atoms with van der Waals surface area (Å²) in [6.45, 7) is 2.13. The molecule has 0 bridgehead atoms. The van der Waals surface area contributed by atoms with Gasteiger partial charge in [0.25, 0.3) is 0 Å². The van der Waals surface area contributed by atoms with Crippen LogP contribution in [0.1, 0.15) is 19.4 Å². The first-order chi connectivity index (χ1) is 8.22. The summed E-state index contributed by atoms with van der Waals surface area (Å²) in [6, 6.07) is 1.05. The molecule has 0 aliphatic heterocycles. The van der Waals surface area contributed by atoms with Crippen LogP contribution in [0.3, 0.4) is 0 Å². The van der Waals surface area contributed by atoms with Crippen molar-refractivity contribution in [3.63, 3.8) is 0 Å². The summed E-state index contributed by atoms with van der Waals surface area (Å²) < 4.78 is 37.6. The SMILES string of the molecule is CC(C)N(CC(F)(F)F)c1nnccc1C(N)=S. The lowest BCUT2D eigenvalue weighted by atomic mass is 10.2. The van der Waals surface area contributed by atoms with Crippen molar-refractivity contribution >= 4 is 23.0 Å². The summed E-state index contributed by atoms with van der Waals surface area (Å²) in [5.74, 6) is 0.0531. The van der Waals surface area contributed by atoms with E-state index in [0.29, 0.717) is 0 Å². The van der Waals surface area contributed by atoms with Crippen molar-refractivity contribution in [2.24, 2.45) is 5.73 Å². The number of alkyl halides is 3. The minimum Gasteiger partial charge on any atom is -0.389 e. The van der Waals surface area contributed by atoms with Crippen LogP contribution in [0.5, 0.6) is 0 Å². The molecule has 0 aliphatic rings. The van der Waals surface area contributed by atoms with Gasteiger partial charge in [-0.2, -0.15) is 18.3 Å². The Morgan fingerprint density at radius 1 is 1.50 bits per heavy atom. The highest BCUT2D eigenvalue weighted by Gasteiger charge is 2.33. The van der Waals surface area contributed by atoms with Gasteiger partial charge in [-0.25, -0.2) is 0 Å². The summed E-state index contributed by atoms with van der Waals surface area (Å²) in [6.07, 6.45) is -3.00. The maximum Gasteiger partial charge on any atom is 0.405 e. The van der Waals surface area contributed by atoms with Crippen LogP contribution >= 0.6 is 12.2 Å². The zero-order valence-electron chi connectivity index (χ0n) is 9.90. The van der Waals surface area contributed by atoms with E-state index in [1.165, 1.54) is 12.3 Å². The minimum absolute atomic E-state index is 0.00674. The Hall–Kier alpha value is -1.44. The normalized spacial score (nSPS) is 11.7. The fourth-order valence-electron chi connectivity index (χ4n) is 1.42. The predicted molar refractivity (Wildman–Crippen MR) is 66.5 cm³/mol. The second-order valence-corrected chi connectivity index (χ2v) is 4.41. The summed E-state index contributed by atoms with van der Waals surface area (Å²) in [5.41, 5.74) is 5.76. The van der Waals surface area contributed by atoms with E-state index in [9.17, 15) is 13.2 Å². The van der Waals surface area contributed by atoms with E-state index in [-0.39, 0.29) is 16.4 Å². The largest absolute Gasteiger partial charge is 0.405 e. The smallest absolute Gasteiger partial charge is 0.389 e. The topological polar surface area (TPSA) is 55.0 Å². The molecular weight excluding hydrogens is 265 g/mol. The van der Waals surface area contributed by atoms with E-state index in [1.54, 1.807) is 13.8 Å². The van der Waals surface area contributed by atoms with Gasteiger partial charge in [0.2, 0.25) is 0 Å². The highest BCUT2D eigenvalue weighted by molar-refractivity contribution is 7.80. The average Bonchev–Trinajstić information content (AvgIpc) is 2.24. The minimum atomic E-state index is -4.34. The monoisotopic (exact) mass is 278 g/mol. The van der Waals surface area contributed by atoms with Crippen molar-refractivity contribution < 1.29 is 13.2 Å². The Bertz CT molecular complexity index is 433. The van der Waals surface area contributed by atoms with Gasteiger partial charge in [0.15, 0.2) is 5.82 Å². The first-order valence-electron chi connectivity index (χ1n) is 5.17. The third-order valence-electron chi connectivity index (χ3n) is 2.21. The number of hydrogen-bond donors (Lipinski definition) is 1. The van der Waals surface area contributed by atoms with Crippen molar-refractivity contribution in [2.45, 2.75) is 26.1 Å². The molecule has 1 aromatic heterocycles. The van der Waals surface area contributed by atoms with Crippen LogP contribution in [0.2, 0.25) is 0 Å². The number of anilines is 1. The van der Waals surface area contributed by atoms with Gasteiger partial charge in [-0.1, -0.05) is 12.2 Å². The van der Waals surface area contributed by atoms with Gasteiger partial charge in [-0.05, 0) is 19.9 Å². The summed E-state index contributed by atoms with van der Waals surface area (Å²) in [5, 5.41) is 7.30. The first kappa shape index (κ1) is 14.6. The van der Waals surface area contributed by atoms with Gasteiger partial charge in [0, 0.05) is 6.04 Å². The van der Waals surface area contributed by atoms with E-state index < -0.39 is 18.8 Å².